The maximum absolute atomic E-state index is 11.9. The first-order chi connectivity index (χ1) is 9.65. The van der Waals surface area contributed by atoms with Gasteiger partial charge in [-0.3, -0.25) is 19.7 Å². The van der Waals surface area contributed by atoms with Crippen molar-refractivity contribution in [3.63, 3.8) is 0 Å². The molecule has 8 heteroatoms. The van der Waals surface area contributed by atoms with Crippen molar-refractivity contribution in [2.24, 2.45) is 5.41 Å². The number of carbonyl (C=O) groups excluding carboxylic acids is 1. The fourth-order valence-corrected chi connectivity index (χ4v) is 1.54. The average Bonchev–Trinajstić information content (AvgIpc) is 2.38. The monoisotopic (exact) mass is 295 g/mol. The fraction of sp³-hybridized carbons (Fsp3) is 0.385. The topological polar surface area (TPSA) is 136 Å². The van der Waals surface area contributed by atoms with E-state index < -0.39 is 22.2 Å². The molecular weight excluding hydrogens is 278 g/mol. The van der Waals surface area contributed by atoms with E-state index in [1.54, 1.807) is 13.8 Å². The van der Waals surface area contributed by atoms with E-state index in [2.05, 4.69) is 5.32 Å². The van der Waals surface area contributed by atoms with Gasteiger partial charge in [0.15, 0.2) is 0 Å². The Bertz CT molecular complexity index is 583. The molecule has 1 aromatic carbocycles. The minimum atomic E-state index is -0.958. The molecule has 8 nitrogen and oxygen atoms in total. The Labute approximate surface area is 121 Å². The summed E-state index contributed by atoms with van der Waals surface area (Å²) >= 11 is 0. The molecule has 0 aromatic heterocycles. The summed E-state index contributed by atoms with van der Waals surface area (Å²) in [7, 11) is 0. The normalized spacial score (nSPS) is 11.0. The number of amides is 1. The summed E-state index contributed by atoms with van der Waals surface area (Å²) < 4.78 is 0. The van der Waals surface area contributed by atoms with Gasteiger partial charge < -0.3 is 16.2 Å². The largest absolute Gasteiger partial charge is 0.481 e. The number of nitrogens with zero attached hydrogens (tertiary/aromatic N) is 1. The number of nitrogens with one attached hydrogen (secondary N) is 1. The zero-order valence-corrected chi connectivity index (χ0v) is 11.8. The van der Waals surface area contributed by atoms with E-state index in [1.165, 1.54) is 12.1 Å². The van der Waals surface area contributed by atoms with Gasteiger partial charge in [-0.1, -0.05) is 0 Å². The van der Waals surface area contributed by atoms with Gasteiger partial charge >= 0.3 is 5.97 Å². The summed E-state index contributed by atoms with van der Waals surface area (Å²) in [5.74, 6) is -1.47. The molecule has 1 rings (SSSR count). The molecule has 4 N–H and O–H groups in total. The van der Waals surface area contributed by atoms with E-state index in [0.29, 0.717) is 0 Å². The maximum Gasteiger partial charge on any atom is 0.309 e. The van der Waals surface area contributed by atoms with Gasteiger partial charge in [-0.05, 0) is 32.4 Å². The van der Waals surface area contributed by atoms with Crippen LogP contribution in [0, 0.1) is 15.5 Å². The van der Waals surface area contributed by atoms with Crippen LogP contribution in [0.3, 0.4) is 0 Å². The molecule has 0 spiro atoms. The molecule has 0 heterocycles. The number of anilines is 1. The molecule has 0 fully saturated rings. The lowest BCUT2D eigenvalue weighted by molar-refractivity contribution is -0.383. The molecule has 1 aromatic rings. The Kier molecular flexibility index (Phi) is 4.85. The van der Waals surface area contributed by atoms with Crippen LogP contribution in [-0.2, 0) is 4.79 Å². The van der Waals surface area contributed by atoms with Crippen LogP contribution in [-0.4, -0.2) is 28.5 Å². The number of rotatable bonds is 6. The van der Waals surface area contributed by atoms with Gasteiger partial charge in [-0.2, -0.15) is 0 Å². The summed E-state index contributed by atoms with van der Waals surface area (Å²) in [5.41, 5.74) is 4.22. The van der Waals surface area contributed by atoms with Gasteiger partial charge in [0.25, 0.3) is 11.6 Å². The lowest BCUT2D eigenvalue weighted by Gasteiger charge is -2.18. The van der Waals surface area contributed by atoms with Crippen LogP contribution in [0.15, 0.2) is 18.2 Å². The minimum Gasteiger partial charge on any atom is -0.481 e. The van der Waals surface area contributed by atoms with E-state index in [1.807, 2.05) is 0 Å². The number of carboxylic acids is 1. The van der Waals surface area contributed by atoms with E-state index in [-0.39, 0.29) is 29.9 Å². The first-order valence-corrected chi connectivity index (χ1v) is 6.20. The highest BCUT2D eigenvalue weighted by Crippen LogP contribution is 2.22. The Morgan fingerprint density at radius 1 is 1.43 bits per heavy atom. The number of aliphatic carboxylic acids is 1. The van der Waals surface area contributed by atoms with Crippen LogP contribution in [0.5, 0.6) is 0 Å². The summed E-state index contributed by atoms with van der Waals surface area (Å²) in [6.07, 6.45) is 0.241. The number of carbonyl (C=O) groups is 2. The second-order valence-corrected chi connectivity index (χ2v) is 5.23. The zero-order valence-electron chi connectivity index (χ0n) is 11.8. The molecule has 0 saturated carbocycles. The molecule has 114 valence electrons. The van der Waals surface area contributed by atoms with Crippen molar-refractivity contribution in [1.29, 1.82) is 0 Å². The standard InChI is InChI=1S/C13H17N3O5/c1-13(2,12(18)19)5-6-15-11(17)8-3-4-9(14)10(7-8)16(20)21/h3-4,7H,5-6,14H2,1-2H3,(H,15,17)(H,18,19). The van der Waals surface area contributed by atoms with Crippen LogP contribution < -0.4 is 11.1 Å². The van der Waals surface area contributed by atoms with Gasteiger partial charge in [-0.25, -0.2) is 0 Å². The van der Waals surface area contributed by atoms with Crippen molar-refractivity contribution < 1.29 is 19.6 Å². The number of nitrogen functional groups attached to an aromatic ring is 1. The Hall–Kier alpha value is -2.64. The van der Waals surface area contributed by atoms with Crippen molar-refractivity contribution in [1.82, 2.24) is 5.32 Å². The molecule has 0 aliphatic carbocycles. The minimum absolute atomic E-state index is 0.0245. The number of nitro benzene ring substituents is 1. The lowest BCUT2D eigenvalue weighted by atomic mass is 9.90. The van der Waals surface area contributed by atoms with Gasteiger partial charge in [0.1, 0.15) is 5.69 Å². The first kappa shape index (κ1) is 16.4. The SMILES string of the molecule is CC(C)(CCNC(=O)c1ccc(N)c([N+](=O)[O-])c1)C(=O)O. The Morgan fingerprint density at radius 2 is 2.05 bits per heavy atom. The second-order valence-electron chi connectivity index (χ2n) is 5.23. The molecular formula is C13H17N3O5. The summed E-state index contributed by atoms with van der Waals surface area (Å²) in [6, 6.07) is 3.75. The van der Waals surface area contributed by atoms with E-state index in [4.69, 9.17) is 10.8 Å². The van der Waals surface area contributed by atoms with E-state index in [9.17, 15) is 19.7 Å². The van der Waals surface area contributed by atoms with Crippen LogP contribution in [0.1, 0.15) is 30.6 Å². The molecule has 1 amide bonds. The van der Waals surface area contributed by atoms with Crippen molar-refractivity contribution in [2.45, 2.75) is 20.3 Å². The van der Waals surface area contributed by atoms with Crippen molar-refractivity contribution >= 4 is 23.3 Å². The molecule has 0 aliphatic heterocycles. The number of nitrogens with two attached hydrogens (primary N) is 1. The van der Waals surface area contributed by atoms with E-state index >= 15 is 0 Å². The molecule has 0 saturated heterocycles. The molecule has 0 atom stereocenters. The van der Waals surface area contributed by atoms with Gasteiger partial charge in [0, 0.05) is 18.2 Å². The smallest absolute Gasteiger partial charge is 0.309 e. The first-order valence-electron chi connectivity index (χ1n) is 6.20. The van der Waals surface area contributed by atoms with Crippen LogP contribution in [0.2, 0.25) is 0 Å². The Morgan fingerprint density at radius 3 is 2.57 bits per heavy atom. The highest BCUT2D eigenvalue weighted by molar-refractivity contribution is 5.95. The third kappa shape index (κ3) is 4.16. The third-order valence-corrected chi connectivity index (χ3v) is 3.10. The van der Waals surface area contributed by atoms with Crippen molar-refractivity contribution in [2.75, 3.05) is 12.3 Å². The molecule has 0 bridgehead atoms. The van der Waals surface area contributed by atoms with E-state index in [0.717, 1.165) is 6.07 Å². The predicted octanol–water partition coefficient (Wildman–Crippen LogP) is 1.41. The summed E-state index contributed by atoms with van der Waals surface area (Å²) in [5, 5.41) is 22.2. The average molecular weight is 295 g/mol. The highest BCUT2D eigenvalue weighted by atomic mass is 16.6. The van der Waals surface area contributed by atoms with Crippen molar-refractivity contribution in [3.8, 4) is 0 Å². The second kappa shape index (κ2) is 6.21. The number of nitro groups is 1. The van der Waals surface area contributed by atoms with Crippen LogP contribution >= 0.6 is 0 Å². The quantitative estimate of drug-likeness (QED) is 0.412. The maximum atomic E-state index is 11.9. The lowest BCUT2D eigenvalue weighted by Crippen LogP contribution is -2.32. The molecule has 21 heavy (non-hydrogen) atoms. The Balaban J connectivity index is 2.71. The van der Waals surface area contributed by atoms with Gasteiger partial charge in [0.05, 0.1) is 10.3 Å². The molecule has 0 radical (unpaired) electrons. The number of hydrogen-bond donors (Lipinski definition) is 3. The van der Waals surface area contributed by atoms with Crippen molar-refractivity contribution in [3.05, 3.63) is 33.9 Å². The highest BCUT2D eigenvalue weighted by Gasteiger charge is 2.26. The molecule has 0 aliphatic rings. The number of carboxylic acid groups (broad SMARTS) is 1. The zero-order chi connectivity index (χ0) is 16.2. The van der Waals surface area contributed by atoms with Crippen LogP contribution in [0.25, 0.3) is 0 Å². The number of hydrogen-bond acceptors (Lipinski definition) is 5. The van der Waals surface area contributed by atoms with Gasteiger partial charge in [-0.15, -0.1) is 0 Å². The third-order valence-electron chi connectivity index (χ3n) is 3.10. The summed E-state index contributed by atoms with van der Waals surface area (Å²) in [6.45, 7) is 3.25. The van der Waals surface area contributed by atoms with Crippen LogP contribution in [0.4, 0.5) is 11.4 Å². The summed E-state index contributed by atoms with van der Waals surface area (Å²) in [4.78, 5) is 32.9. The molecule has 0 unspecified atom stereocenters. The van der Waals surface area contributed by atoms with Gasteiger partial charge in [0.2, 0.25) is 0 Å². The predicted molar refractivity (Wildman–Crippen MR) is 75.9 cm³/mol. The fourth-order valence-electron chi connectivity index (χ4n) is 1.54. The number of benzene rings is 1.